The standard InChI is InChI=1S/C13H19BrN2O2/c1-10(2)9-16-13(17)15-7-8-18-12-5-3-11(14)4-6-12/h3-6,10H,7-9H2,1-2H3,(H2,15,16,17). The first-order valence-corrected chi connectivity index (χ1v) is 6.77. The zero-order valence-electron chi connectivity index (χ0n) is 10.7. The van der Waals surface area contributed by atoms with E-state index in [-0.39, 0.29) is 6.03 Å². The van der Waals surface area contributed by atoms with Gasteiger partial charge in [0.25, 0.3) is 0 Å². The molecule has 100 valence electrons. The Morgan fingerprint density at radius 2 is 1.94 bits per heavy atom. The van der Waals surface area contributed by atoms with Crippen LogP contribution in [0.1, 0.15) is 13.8 Å². The summed E-state index contributed by atoms with van der Waals surface area (Å²) < 4.78 is 6.49. The SMILES string of the molecule is CC(C)CNC(=O)NCCOc1ccc(Br)cc1. The van der Waals surface area contributed by atoms with Crippen molar-refractivity contribution >= 4 is 22.0 Å². The molecule has 1 aromatic rings. The minimum Gasteiger partial charge on any atom is -0.492 e. The monoisotopic (exact) mass is 314 g/mol. The van der Waals surface area contributed by atoms with Crippen molar-refractivity contribution < 1.29 is 9.53 Å². The maximum Gasteiger partial charge on any atom is 0.314 e. The Kier molecular flexibility index (Phi) is 6.57. The molecule has 0 aliphatic carbocycles. The summed E-state index contributed by atoms with van der Waals surface area (Å²) >= 11 is 3.35. The third-order valence-electron chi connectivity index (χ3n) is 2.14. The average Bonchev–Trinajstić information content (AvgIpc) is 2.34. The van der Waals surface area contributed by atoms with Crippen LogP contribution in [0.15, 0.2) is 28.7 Å². The minimum atomic E-state index is -0.150. The van der Waals surface area contributed by atoms with Gasteiger partial charge in [-0.1, -0.05) is 29.8 Å². The molecule has 4 nitrogen and oxygen atoms in total. The van der Waals surface area contributed by atoms with Crippen LogP contribution in [0, 0.1) is 5.92 Å². The predicted molar refractivity (Wildman–Crippen MR) is 75.9 cm³/mol. The van der Waals surface area contributed by atoms with Crippen LogP contribution in [0.25, 0.3) is 0 Å². The number of amides is 2. The lowest BCUT2D eigenvalue weighted by Gasteiger charge is -2.10. The van der Waals surface area contributed by atoms with Gasteiger partial charge in [0.15, 0.2) is 0 Å². The number of benzene rings is 1. The molecular weight excluding hydrogens is 296 g/mol. The summed E-state index contributed by atoms with van der Waals surface area (Å²) in [5.74, 6) is 1.25. The quantitative estimate of drug-likeness (QED) is 0.793. The van der Waals surface area contributed by atoms with Gasteiger partial charge in [0, 0.05) is 11.0 Å². The summed E-state index contributed by atoms with van der Waals surface area (Å²) in [6, 6.07) is 7.44. The zero-order chi connectivity index (χ0) is 13.4. The van der Waals surface area contributed by atoms with Crippen LogP contribution in [0.3, 0.4) is 0 Å². The number of nitrogens with one attached hydrogen (secondary N) is 2. The Bertz CT molecular complexity index is 366. The molecule has 0 aliphatic rings. The molecule has 0 bridgehead atoms. The molecule has 0 aromatic heterocycles. The number of carbonyl (C=O) groups excluding carboxylic acids is 1. The van der Waals surface area contributed by atoms with E-state index < -0.39 is 0 Å². The number of urea groups is 1. The fraction of sp³-hybridized carbons (Fsp3) is 0.462. The molecule has 0 spiro atoms. The molecule has 2 amide bonds. The summed E-state index contributed by atoms with van der Waals surface area (Å²) in [7, 11) is 0. The van der Waals surface area contributed by atoms with E-state index in [0.717, 1.165) is 10.2 Å². The Morgan fingerprint density at radius 3 is 2.56 bits per heavy atom. The lowest BCUT2D eigenvalue weighted by molar-refractivity contribution is 0.235. The summed E-state index contributed by atoms with van der Waals surface area (Å²) in [6.07, 6.45) is 0. The number of ether oxygens (including phenoxy) is 1. The van der Waals surface area contributed by atoms with E-state index >= 15 is 0 Å². The van der Waals surface area contributed by atoms with Crippen molar-refractivity contribution in [3.63, 3.8) is 0 Å². The highest BCUT2D eigenvalue weighted by atomic mass is 79.9. The smallest absolute Gasteiger partial charge is 0.314 e. The first-order chi connectivity index (χ1) is 8.58. The molecule has 0 saturated heterocycles. The van der Waals surface area contributed by atoms with Crippen LogP contribution in [0.4, 0.5) is 4.79 Å². The fourth-order valence-corrected chi connectivity index (χ4v) is 1.49. The van der Waals surface area contributed by atoms with Gasteiger partial charge in [-0.3, -0.25) is 0 Å². The zero-order valence-corrected chi connectivity index (χ0v) is 12.3. The highest BCUT2D eigenvalue weighted by Crippen LogP contribution is 2.15. The van der Waals surface area contributed by atoms with Crippen molar-refractivity contribution in [3.8, 4) is 5.75 Å². The first-order valence-electron chi connectivity index (χ1n) is 5.98. The highest BCUT2D eigenvalue weighted by molar-refractivity contribution is 9.10. The number of hydrogen-bond donors (Lipinski definition) is 2. The van der Waals surface area contributed by atoms with Crippen molar-refractivity contribution in [2.45, 2.75) is 13.8 Å². The van der Waals surface area contributed by atoms with Crippen LogP contribution in [0.2, 0.25) is 0 Å². The maximum absolute atomic E-state index is 11.3. The molecule has 0 fully saturated rings. The third-order valence-corrected chi connectivity index (χ3v) is 2.67. The Balaban J connectivity index is 2.11. The first kappa shape index (κ1) is 14.8. The van der Waals surface area contributed by atoms with Gasteiger partial charge in [-0.25, -0.2) is 4.79 Å². The second-order valence-electron chi connectivity index (χ2n) is 4.33. The average molecular weight is 315 g/mol. The van der Waals surface area contributed by atoms with E-state index in [2.05, 4.69) is 40.4 Å². The van der Waals surface area contributed by atoms with E-state index in [9.17, 15) is 4.79 Å². The van der Waals surface area contributed by atoms with Crippen molar-refractivity contribution in [1.82, 2.24) is 10.6 Å². The lowest BCUT2D eigenvalue weighted by atomic mass is 10.2. The molecule has 0 aliphatic heterocycles. The van der Waals surface area contributed by atoms with Crippen molar-refractivity contribution in [3.05, 3.63) is 28.7 Å². The fourth-order valence-electron chi connectivity index (χ4n) is 1.22. The lowest BCUT2D eigenvalue weighted by Crippen LogP contribution is -2.39. The molecule has 1 rings (SSSR count). The van der Waals surface area contributed by atoms with Crippen LogP contribution in [0.5, 0.6) is 5.75 Å². The van der Waals surface area contributed by atoms with Gasteiger partial charge in [-0.2, -0.15) is 0 Å². The highest BCUT2D eigenvalue weighted by Gasteiger charge is 2.00. The van der Waals surface area contributed by atoms with Crippen LogP contribution in [-0.2, 0) is 0 Å². The van der Waals surface area contributed by atoms with Gasteiger partial charge in [0.05, 0.1) is 6.54 Å². The molecule has 0 radical (unpaired) electrons. The van der Waals surface area contributed by atoms with Crippen LogP contribution >= 0.6 is 15.9 Å². The second-order valence-corrected chi connectivity index (χ2v) is 5.25. The van der Waals surface area contributed by atoms with Gasteiger partial charge >= 0.3 is 6.03 Å². The van der Waals surface area contributed by atoms with Gasteiger partial charge < -0.3 is 15.4 Å². The maximum atomic E-state index is 11.3. The molecule has 0 unspecified atom stereocenters. The molecule has 18 heavy (non-hydrogen) atoms. The van der Waals surface area contributed by atoms with E-state index in [4.69, 9.17) is 4.74 Å². The number of hydrogen-bond acceptors (Lipinski definition) is 2. The number of carbonyl (C=O) groups is 1. The third kappa shape index (κ3) is 6.49. The Hall–Kier alpha value is -1.23. The summed E-state index contributed by atoms with van der Waals surface area (Å²) in [6.45, 7) is 5.73. The predicted octanol–water partition coefficient (Wildman–Crippen LogP) is 2.78. The minimum absolute atomic E-state index is 0.150. The molecular formula is C13H19BrN2O2. The van der Waals surface area contributed by atoms with Crippen LogP contribution in [-0.4, -0.2) is 25.7 Å². The molecule has 0 saturated carbocycles. The molecule has 2 N–H and O–H groups in total. The van der Waals surface area contributed by atoms with Gasteiger partial charge in [0.2, 0.25) is 0 Å². The van der Waals surface area contributed by atoms with E-state index in [1.807, 2.05) is 24.3 Å². The van der Waals surface area contributed by atoms with E-state index in [0.29, 0.717) is 25.6 Å². The molecule has 0 heterocycles. The number of rotatable bonds is 6. The summed E-state index contributed by atoms with van der Waals surface area (Å²) in [5.41, 5.74) is 0. The largest absolute Gasteiger partial charge is 0.492 e. The topological polar surface area (TPSA) is 50.4 Å². The second kappa shape index (κ2) is 7.97. The van der Waals surface area contributed by atoms with Crippen molar-refractivity contribution in [2.24, 2.45) is 5.92 Å². The van der Waals surface area contributed by atoms with Crippen molar-refractivity contribution in [1.29, 1.82) is 0 Å². The van der Waals surface area contributed by atoms with Crippen LogP contribution < -0.4 is 15.4 Å². The van der Waals surface area contributed by atoms with E-state index in [1.165, 1.54) is 0 Å². The molecule has 1 aromatic carbocycles. The summed E-state index contributed by atoms with van der Waals surface area (Å²) in [5, 5.41) is 5.51. The normalized spacial score (nSPS) is 10.2. The number of halogens is 1. The van der Waals surface area contributed by atoms with Gasteiger partial charge in [-0.05, 0) is 30.2 Å². The molecule has 5 heteroatoms. The van der Waals surface area contributed by atoms with E-state index in [1.54, 1.807) is 0 Å². The van der Waals surface area contributed by atoms with Crippen molar-refractivity contribution in [2.75, 3.05) is 19.7 Å². The Morgan fingerprint density at radius 1 is 1.28 bits per heavy atom. The van der Waals surface area contributed by atoms with Gasteiger partial charge in [0.1, 0.15) is 12.4 Å². The molecule has 0 atom stereocenters. The summed E-state index contributed by atoms with van der Waals surface area (Å²) in [4.78, 5) is 11.3. The Labute approximate surface area is 116 Å². The van der Waals surface area contributed by atoms with Gasteiger partial charge in [-0.15, -0.1) is 0 Å².